The molecule has 0 radical (unpaired) electrons. The van der Waals surface area contributed by atoms with Crippen molar-refractivity contribution < 1.29 is 19.4 Å². The minimum atomic E-state index is -1.34. The van der Waals surface area contributed by atoms with Gasteiger partial charge in [0, 0.05) is 29.6 Å². The van der Waals surface area contributed by atoms with Gasteiger partial charge in [-0.05, 0) is 69.4 Å². The Balaban J connectivity index is 1.85. The van der Waals surface area contributed by atoms with Crippen LogP contribution in [0.1, 0.15) is 55.8 Å². The first-order chi connectivity index (χ1) is 17.6. The molecule has 1 unspecified atom stereocenters. The fraction of sp³-hybridized carbons (Fsp3) is 0.393. The number of pyridine rings is 1. The first-order valence-corrected chi connectivity index (χ1v) is 13.3. The summed E-state index contributed by atoms with van der Waals surface area (Å²) in [4.78, 5) is 30.8. The number of aromatic nitrogens is 3. The highest BCUT2D eigenvalue weighted by atomic mass is 32.1. The third-order valence-electron chi connectivity index (χ3n) is 6.77. The van der Waals surface area contributed by atoms with Crippen LogP contribution in [0.25, 0.3) is 22.0 Å². The Bertz CT molecular complexity index is 1540. The molecule has 0 spiro atoms. The Morgan fingerprint density at radius 2 is 2.08 bits per heavy atom. The van der Waals surface area contributed by atoms with Crippen molar-refractivity contribution in [2.75, 3.05) is 6.61 Å². The molecule has 9 heteroatoms. The van der Waals surface area contributed by atoms with Crippen molar-refractivity contribution in [2.24, 2.45) is 7.05 Å². The monoisotopic (exact) mass is 521 g/mol. The number of nitrogens with zero attached hydrogens (tertiary/aromatic N) is 3. The molecule has 8 nitrogen and oxygen atoms in total. The molecule has 0 aliphatic carbocycles. The number of aliphatic carboxylic acids is 1. The number of ether oxygens (including phenoxy) is 2. The van der Waals surface area contributed by atoms with Crippen molar-refractivity contribution in [3.63, 3.8) is 0 Å². The lowest BCUT2D eigenvalue weighted by Gasteiger charge is -2.29. The van der Waals surface area contributed by atoms with E-state index in [4.69, 9.17) is 9.47 Å². The third kappa shape index (κ3) is 4.57. The number of hydrogen-bond acceptors (Lipinski definition) is 6. The molecule has 1 N–H and O–H groups in total. The van der Waals surface area contributed by atoms with Crippen LogP contribution in [0.15, 0.2) is 40.1 Å². The van der Waals surface area contributed by atoms with Crippen LogP contribution in [0.3, 0.4) is 0 Å². The number of carbonyl (C=O) groups is 1. The lowest BCUT2D eigenvalue weighted by atomic mass is 9.89. The normalized spacial score (nSPS) is 14.4. The van der Waals surface area contributed by atoms with Gasteiger partial charge < -0.3 is 23.7 Å². The molecule has 0 bridgehead atoms. The Kier molecular flexibility index (Phi) is 6.45. The highest BCUT2D eigenvalue weighted by Gasteiger charge is 2.34. The Labute approximate surface area is 219 Å². The molecule has 194 valence electrons. The lowest BCUT2D eigenvalue weighted by Crippen LogP contribution is -2.33. The van der Waals surface area contributed by atoms with Gasteiger partial charge in [-0.3, -0.25) is 4.79 Å². The van der Waals surface area contributed by atoms with E-state index in [0.29, 0.717) is 35.3 Å². The van der Waals surface area contributed by atoms with E-state index < -0.39 is 17.7 Å². The molecule has 3 aromatic heterocycles. The smallest absolute Gasteiger partial charge is 0.339 e. The van der Waals surface area contributed by atoms with Crippen LogP contribution in [0.4, 0.5) is 0 Å². The molecule has 0 saturated carbocycles. The van der Waals surface area contributed by atoms with Crippen LogP contribution in [0, 0.1) is 6.92 Å². The van der Waals surface area contributed by atoms with Gasteiger partial charge in [0.15, 0.2) is 6.10 Å². The third-order valence-corrected chi connectivity index (χ3v) is 7.41. The van der Waals surface area contributed by atoms with Crippen molar-refractivity contribution >= 4 is 28.2 Å². The zero-order valence-corrected chi connectivity index (χ0v) is 22.5. The maximum absolute atomic E-state index is 13.8. The maximum atomic E-state index is 13.8. The average Bonchev–Trinajstić information content (AvgIpc) is 3.51. The predicted octanol–water partition coefficient (Wildman–Crippen LogP) is 5.09. The average molecular weight is 522 g/mol. The molecular weight excluding hydrogens is 490 g/mol. The summed E-state index contributed by atoms with van der Waals surface area (Å²) in [6, 6.07) is 5.81. The van der Waals surface area contributed by atoms with Gasteiger partial charge in [-0.1, -0.05) is 6.07 Å². The molecule has 1 aromatic carbocycles. The summed E-state index contributed by atoms with van der Waals surface area (Å²) in [5.74, 6) is -0.289. The van der Waals surface area contributed by atoms with Crippen molar-refractivity contribution in [3.8, 4) is 16.9 Å². The Morgan fingerprint density at radius 3 is 2.76 bits per heavy atom. The molecule has 0 amide bonds. The molecule has 4 heterocycles. The number of fused-ring (bicyclic) bond motifs is 2. The van der Waals surface area contributed by atoms with Crippen molar-refractivity contribution in [3.05, 3.63) is 68.2 Å². The zero-order valence-electron chi connectivity index (χ0n) is 21.7. The van der Waals surface area contributed by atoms with E-state index >= 15 is 0 Å². The van der Waals surface area contributed by atoms with Gasteiger partial charge in [0.1, 0.15) is 11.3 Å². The quantitative estimate of drug-likeness (QED) is 0.380. The topological polar surface area (TPSA) is 95.6 Å². The van der Waals surface area contributed by atoms with Gasteiger partial charge in [-0.2, -0.15) is 0 Å². The van der Waals surface area contributed by atoms with E-state index in [1.165, 1.54) is 15.9 Å². The second-order valence-electron chi connectivity index (χ2n) is 10.4. The molecule has 37 heavy (non-hydrogen) atoms. The summed E-state index contributed by atoms with van der Waals surface area (Å²) < 4.78 is 15.3. The summed E-state index contributed by atoms with van der Waals surface area (Å²) >= 11 is 1.50. The van der Waals surface area contributed by atoms with Gasteiger partial charge >= 0.3 is 5.97 Å². The largest absolute Gasteiger partial charge is 0.493 e. The summed E-state index contributed by atoms with van der Waals surface area (Å²) in [6.45, 7) is 8.59. The Hall–Kier alpha value is -3.43. The first-order valence-electron chi connectivity index (χ1n) is 12.3. The highest BCUT2D eigenvalue weighted by Crippen LogP contribution is 2.41. The minimum Gasteiger partial charge on any atom is -0.493 e. The molecule has 0 fully saturated rings. The number of benzene rings is 1. The molecule has 1 aliphatic heterocycles. The van der Waals surface area contributed by atoms with Crippen LogP contribution in [0.2, 0.25) is 0 Å². The molecule has 5 rings (SSSR count). The molecule has 1 aliphatic rings. The van der Waals surface area contributed by atoms with Gasteiger partial charge in [0.05, 0.1) is 35.7 Å². The number of rotatable bonds is 6. The molecule has 4 aromatic rings. The van der Waals surface area contributed by atoms with Crippen molar-refractivity contribution in [2.45, 2.75) is 58.8 Å². The number of hydrogen-bond donors (Lipinski definition) is 1. The van der Waals surface area contributed by atoms with E-state index in [-0.39, 0.29) is 5.56 Å². The number of carboxylic acids is 1. The highest BCUT2D eigenvalue weighted by molar-refractivity contribution is 7.07. The standard InChI is InChI=1S/C28H31N3O5S/c1-16-18-7-6-12-35-21(18)9-8-19(16)22-20-10-11-31(13-17-14-37-15-29-17)23(20)26(32)30(5)24(22)25(27(33)34)36-28(2,3)4/h8-11,14-15,25H,6-7,12-13H2,1-5H3,(H,33,34). The van der Waals surface area contributed by atoms with Crippen LogP contribution >= 0.6 is 11.3 Å². The van der Waals surface area contributed by atoms with E-state index in [1.54, 1.807) is 12.6 Å². The Morgan fingerprint density at radius 1 is 1.30 bits per heavy atom. The number of thiazole rings is 1. The lowest BCUT2D eigenvalue weighted by molar-refractivity contribution is -0.161. The van der Waals surface area contributed by atoms with Gasteiger partial charge in [0.25, 0.3) is 5.56 Å². The summed E-state index contributed by atoms with van der Waals surface area (Å²) in [6.07, 6.45) is 2.33. The van der Waals surface area contributed by atoms with Crippen LogP contribution in [-0.2, 0) is 29.5 Å². The molecule has 0 saturated heterocycles. The van der Waals surface area contributed by atoms with Crippen LogP contribution in [0.5, 0.6) is 5.75 Å². The predicted molar refractivity (Wildman–Crippen MR) is 144 cm³/mol. The van der Waals surface area contributed by atoms with Gasteiger partial charge in [0.2, 0.25) is 0 Å². The fourth-order valence-corrected chi connectivity index (χ4v) is 5.70. The zero-order chi connectivity index (χ0) is 26.5. The van der Waals surface area contributed by atoms with E-state index in [1.807, 2.05) is 62.0 Å². The second-order valence-corrected chi connectivity index (χ2v) is 11.1. The second kappa shape index (κ2) is 9.46. The summed E-state index contributed by atoms with van der Waals surface area (Å²) in [5.41, 5.74) is 6.12. The van der Waals surface area contributed by atoms with Crippen molar-refractivity contribution in [1.29, 1.82) is 0 Å². The molecule has 1 atom stereocenters. The van der Waals surface area contributed by atoms with E-state index in [2.05, 4.69) is 4.98 Å². The summed E-state index contributed by atoms with van der Waals surface area (Å²) in [7, 11) is 1.62. The SMILES string of the molecule is Cc1c(-c2c(C(OC(C)(C)C)C(=O)O)n(C)c(=O)c3c2ccn3Cc2cscn2)ccc2c1CCCO2. The van der Waals surface area contributed by atoms with Gasteiger partial charge in [-0.25, -0.2) is 9.78 Å². The first kappa shape index (κ1) is 25.2. The van der Waals surface area contributed by atoms with E-state index in [0.717, 1.165) is 41.0 Å². The van der Waals surface area contributed by atoms with Gasteiger partial charge in [-0.15, -0.1) is 11.3 Å². The van der Waals surface area contributed by atoms with E-state index in [9.17, 15) is 14.7 Å². The van der Waals surface area contributed by atoms with Crippen molar-refractivity contribution in [1.82, 2.24) is 14.1 Å². The van der Waals surface area contributed by atoms with Crippen LogP contribution in [-0.4, -0.2) is 37.4 Å². The minimum absolute atomic E-state index is 0.281. The molecular formula is C28H31N3O5S. The maximum Gasteiger partial charge on any atom is 0.339 e. The fourth-order valence-electron chi connectivity index (χ4n) is 5.15. The summed E-state index contributed by atoms with van der Waals surface area (Å²) in [5, 5.41) is 13.0. The van der Waals surface area contributed by atoms with Crippen LogP contribution < -0.4 is 10.3 Å². The number of carboxylic acid groups (broad SMARTS) is 1.